The van der Waals surface area contributed by atoms with Crippen molar-refractivity contribution in [3.8, 4) is 11.1 Å². The van der Waals surface area contributed by atoms with Crippen LogP contribution in [0.25, 0.3) is 11.1 Å². The van der Waals surface area contributed by atoms with E-state index in [9.17, 15) is 0 Å². The van der Waals surface area contributed by atoms with Crippen molar-refractivity contribution in [3.05, 3.63) is 57.6 Å². The minimum atomic E-state index is 0.557. The summed E-state index contributed by atoms with van der Waals surface area (Å²) in [6.07, 6.45) is 2.26. The van der Waals surface area contributed by atoms with E-state index < -0.39 is 0 Å². The van der Waals surface area contributed by atoms with E-state index in [0.717, 1.165) is 28.5 Å². The average Bonchev–Trinajstić information content (AvgIpc) is 2.40. The third-order valence-corrected chi connectivity index (χ3v) is 4.25. The molecule has 0 heterocycles. The summed E-state index contributed by atoms with van der Waals surface area (Å²) in [5.41, 5.74) is 4.89. The molecule has 0 unspecified atom stereocenters. The second-order valence-corrected chi connectivity index (χ2v) is 6.14. The van der Waals surface area contributed by atoms with Gasteiger partial charge in [-0.15, -0.1) is 0 Å². The summed E-state index contributed by atoms with van der Waals surface area (Å²) in [5, 5.41) is 1.54. The molecule has 0 fully saturated rings. The van der Waals surface area contributed by atoms with Gasteiger partial charge in [0.2, 0.25) is 0 Å². The van der Waals surface area contributed by atoms with Gasteiger partial charge in [0.05, 0.1) is 0 Å². The Kier molecular flexibility index (Phi) is 5.12. The van der Waals surface area contributed by atoms with E-state index >= 15 is 0 Å². The van der Waals surface area contributed by atoms with E-state index in [4.69, 9.17) is 23.2 Å². The fourth-order valence-corrected chi connectivity index (χ4v) is 3.22. The van der Waals surface area contributed by atoms with Crippen molar-refractivity contribution in [3.63, 3.8) is 0 Å². The quantitative estimate of drug-likeness (QED) is 0.578. The molecule has 2 heteroatoms. The lowest BCUT2D eigenvalue weighted by molar-refractivity contribution is 0.643. The lowest BCUT2D eigenvalue weighted by Gasteiger charge is -2.18. The van der Waals surface area contributed by atoms with Crippen LogP contribution in [0, 0.1) is 6.92 Å². The predicted molar refractivity (Wildman–Crippen MR) is 90.0 cm³/mol. The van der Waals surface area contributed by atoms with Gasteiger partial charge < -0.3 is 0 Å². The first kappa shape index (κ1) is 15.4. The molecule has 0 atom stereocenters. The van der Waals surface area contributed by atoms with Gasteiger partial charge in [0.25, 0.3) is 0 Å². The van der Waals surface area contributed by atoms with Crippen LogP contribution in [0.15, 0.2) is 36.4 Å². The predicted octanol–water partition coefficient (Wildman–Crippen LogP) is 6.87. The summed E-state index contributed by atoms with van der Waals surface area (Å²) < 4.78 is 0. The van der Waals surface area contributed by atoms with Crippen LogP contribution < -0.4 is 0 Å². The first-order valence-electron chi connectivity index (χ1n) is 7.12. The number of aryl methyl sites for hydroxylation is 1. The molecule has 0 nitrogen and oxygen atoms in total. The van der Waals surface area contributed by atoms with Gasteiger partial charge in [0, 0.05) is 10.0 Å². The lowest BCUT2D eigenvalue weighted by Crippen LogP contribution is -1.98. The fraction of sp³-hybridized carbons (Fsp3) is 0.333. The van der Waals surface area contributed by atoms with Crippen LogP contribution in [0.2, 0.25) is 10.0 Å². The molecule has 0 aromatic heterocycles. The van der Waals surface area contributed by atoms with Crippen LogP contribution in [0.4, 0.5) is 0 Å². The zero-order valence-corrected chi connectivity index (χ0v) is 13.7. The summed E-state index contributed by atoms with van der Waals surface area (Å²) >= 11 is 12.4. The Bertz CT molecular complexity index is 578. The Morgan fingerprint density at radius 1 is 0.900 bits per heavy atom. The third kappa shape index (κ3) is 3.37. The zero-order chi connectivity index (χ0) is 14.7. The normalized spacial score (nSPS) is 11.1. The molecule has 106 valence electrons. The van der Waals surface area contributed by atoms with Gasteiger partial charge in [-0.1, -0.05) is 49.2 Å². The van der Waals surface area contributed by atoms with E-state index in [2.05, 4.69) is 39.0 Å². The van der Waals surface area contributed by atoms with Gasteiger partial charge in [-0.2, -0.15) is 0 Å². The van der Waals surface area contributed by atoms with Crippen molar-refractivity contribution in [2.75, 3.05) is 0 Å². The third-order valence-electron chi connectivity index (χ3n) is 3.79. The van der Waals surface area contributed by atoms with E-state index in [1.165, 1.54) is 16.7 Å². The standard InChI is InChI=1S/C18H20Cl2/c1-4-13(5-2)17-7-6-15(19)11-18(17)14-8-12(3)9-16(20)10-14/h6-11,13H,4-5H2,1-3H3. The highest BCUT2D eigenvalue weighted by molar-refractivity contribution is 6.31. The molecule has 0 aliphatic heterocycles. The zero-order valence-electron chi connectivity index (χ0n) is 12.2. The molecule has 0 aliphatic carbocycles. The number of halogens is 2. The highest BCUT2D eigenvalue weighted by Gasteiger charge is 2.14. The molecule has 0 saturated carbocycles. The molecule has 0 bridgehead atoms. The summed E-state index contributed by atoms with van der Waals surface area (Å²) in [6, 6.07) is 12.4. The molecule has 0 spiro atoms. The van der Waals surface area contributed by atoms with Crippen molar-refractivity contribution >= 4 is 23.2 Å². The Morgan fingerprint density at radius 2 is 1.60 bits per heavy atom. The first-order chi connectivity index (χ1) is 9.55. The van der Waals surface area contributed by atoms with Crippen LogP contribution in [-0.2, 0) is 0 Å². The SMILES string of the molecule is CCC(CC)c1ccc(Cl)cc1-c1cc(C)cc(Cl)c1. The Morgan fingerprint density at radius 3 is 2.20 bits per heavy atom. The minimum Gasteiger partial charge on any atom is -0.0843 e. The number of rotatable bonds is 4. The van der Waals surface area contributed by atoms with Crippen molar-refractivity contribution in [1.82, 2.24) is 0 Å². The summed E-state index contributed by atoms with van der Waals surface area (Å²) in [7, 11) is 0. The molecule has 2 aromatic carbocycles. The number of hydrogen-bond acceptors (Lipinski definition) is 0. The lowest BCUT2D eigenvalue weighted by atomic mass is 9.87. The second-order valence-electron chi connectivity index (χ2n) is 5.26. The molecule has 0 radical (unpaired) electrons. The van der Waals surface area contributed by atoms with E-state index in [0.29, 0.717) is 5.92 Å². The molecule has 2 aromatic rings. The maximum Gasteiger partial charge on any atom is 0.0414 e. The molecule has 0 saturated heterocycles. The first-order valence-corrected chi connectivity index (χ1v) is 7.87. The molecule has 2 rings (SSSR count). The van der Waals surface area contributed by atoms with Crippen LogP contribution in [0.5, 0.6) is 0 Å². The van der Waals surface area contributed by atoms with Crippen LogP contribution in [-0.4, -0.2) is 0 Å². The molecular weight excluding hydrogens is 287 g/mol. The van der Waals surface area contributed by atoms with Gasteiger partial charge in [0.1, 0.15) is 0 Å². The molecule has 0 aliphatic rings. The van der Waals surface area contributed by atoms with Crippen molar-refractivity contribution in [1.29, 1.82) is 0 Å². The molecule has 0 N–H and O–H groups in total. The monoisotopic (exact) mass is 306 g/mol. The number of hydrogen-bond donors (Lipinski definition) is 0. The summed E-state index contributed by atoms with van der Waals surface area (Å²) in [5.74, 6) is 0.557. The fourth-order valence-electron chi connectivity index (χ4n) is 2.75. The van der Waals surface area contributed by atoms with Gasteiger partial charge in [0.15, 0.2) is 0 Å². The Hall–Kier alpha value is -0.980. The maximum absolute atomic E-state index is 6.21. The smallest absolute Gasteiger partial charge is 0.0414 e. The highest BCUT2D eigenvalue weighted by atomic mass is 35.5. The van der Waals surface area contributed by atoms with Crippen molar-refractivity contribution in [2.45, 2.75) is 39.5 Å². The van der Waals surface area contributed by atoms with Crippen molar-refractivity contribution in [2.24, 2.45) is 0 Å². The molecule has 20 heavy (non-hydrogen) atoms. The van der Waals surface area contributed by atoms with Gasteiger partial charge in [-0.05, 0) is 72.2 Å². The van der Waals surface area contributed by atoms with Crippen LogP contribution in [0.1, 0.15) is 43.7 Å². The number of benzene rings is 2. The highest BCUT2D eigenvalue weighted by Crippen LogP contribution is 2.36. The maximum atomic E-state index is 6.21. The average molecular weight is 307 g/mol. The van der Waals surface area contributed by atoms with E-state index in [1.54, 1.807) is 0 Å². The van der Waals surface area contributed by atoms with Crippen molar-refractivity contribution < 1.29 is 0 Å². The largest absolute Gasteiger partial charge is 0.0843 e. The van der Waals surface area contributed by atoms with Gasteiger partial charge in [-0.25, -0.2) is 0 Å². The molecule has 0 amide bonds. The topological polar surface area (TPSA) is 0 Å². The van der Waals surface area contributed by atoms with Crippen LogP contribution >= 0.6 is 23.2 Å². The van der Waals surface area contributed by atoms with E-state index in [-0.39, 0.29) is 0 Å². The van der Waals surface area contributed by atoms with Gasteiger partial charge in [-0.3, -0.25) is 0 Å². The van der Waals surface area contributed by atoms with Gasteiger partial charge >= 0.3 is 0 Å². The summed E-state index contributed by atoms with van der Waals surface area (Å²) in [4.78, 5) is 0. The van der Waals surface area contributed by atoms with Crippen LogP contribution in [0.3, 0.4) is 0 Å². The van der Waals surface area contributed by atoms with E-state index in [1.807, 2.05) is 18.2 Å². The molecular formula is C18H20Cl2. The summed E-state index contributed by atoms with van der Waals surface area (Å²) in [6.45, 7) is 6.53. The minimum absolute atomic E-state index is 0.557. The Balaban J connectivity index is 2.62. The Labute approximate surface area is 131 Å². The second kappa shape index (κ2) is 6.65.